The van der Waals surface area contributed by atoms with Crippen LogP contribution >= 0.6 is 11.8 Å². The fraction of sp³-hybridized carbons (Fsp3) is 0.174. The van der Waals surface area contributed by atoms with Gasteiger partial charge >= 0.3 is 0 Å². The van der Waals surface area contributed by atoms with Crippen LogP contribution in [0, 0.1) is 12.7 Å². The van der Waals surface area contributed by atoms with Crippen molar-refractivity contribution >= 4 is 45.8 Å². The van der Waals surface area contributed by atoms with Crippen LogP contribution < -0.4 is 10.9 Å². The first kappa shape index (κ1) is 22.4. The fourth-order valence-electron chi connectivity index (χ4n) is 3.33. The van der Waals surface area contributed by atoms with E-state index in [4.69, 9.17) is 0 Å². The lowest BCUT2D eigenvalue weighted by Crippen LogP contribution is -2.39. The summed E-state index contributed by atoms with van der Waals surface area (Å²) in [6.45, 7) is 1.58. The minimum absolute atomic E-state index is 0.0126. The lowest BCUT2D eigenvalue weighted by atomic mass is 10.2. The lowest BCUT2D eigenvalue weighted by Gasteiger charge is -2.13. The molecule has 1 aliphatic rings. The Bertz CT molecular complexity index is 1370. The number of amides is 3. The van der Waals surface area contributed by atoms with Crippen LogP contribution in [0.2, 0.25) is 0 Å². The Morgan fingerprint density at radius 2 is 1.97 bits per heavy atom. The Kier molecular flexibility index (Phi) is 6.36. The molecule has 0 saturated carbocycles. The Balaban J connectivity index is 1.36. The summed E-state index contributed by atoms with van der Waals surface area (Å²) >= 11 is 0.716. The van der Waals surface area contributed by atoms with Crippen molar-refractivity contribution in [3.8, 4) is 0 Å². The first-order valence-corrected chi connectivity index (χ1v) is 10.9. The predicted molar refractivity (Wildman–Crippen MR) is 123 cm³/mol. The molecule has 1 fully saturated rings. The van der Waals surface area contributed by atoms with Crippen LogP contribution in [0.5, 0.6) is 0 Å². The Morgan fingerprint density at radius 3 is 2.76 bits per heavy atom. The molecule has 3 amide bonds. The number of hydrogen-bond acceptors (Lipinski definition) is 6. The zero-order chi connectivity index (χ0) is 23.5. The third-order valence-corrected chi connectivity index (χ3v) is 5.92. The first-order valence-electron chi connectivity index (χ1n) is 10.1. The summed E-state index contributed by atoms with van der Waals surface area (Å²) in [5.41, 5.74) is 1.33. The van der Waals surface area contributed by atoms with E-state index in [0.29, 0.717) is 22.7 Å². The number of nitrogens with zero attached hydrogens (tertiary/aromatic N) is 3. The molecule has 2 aromatic carbocycles. The maximum absolute atomic E-state index is 13.8. The largest absolute Gasteiger partial charge is 0.353 e. The number of aromatic nitrogens is 2. The highest BCUT2D eigenvalue weighted by Crippen LogP contribution is 2.32. The minimum atomic E-state index is -0.548. The van der Waals surface area contributed by atoms with Crippen LogP contribution in [-0.4, -0.2) is 44.6 Å². The van der Waals surface area contributed by atoms with Gasteiger partial charge in [0.25, 0.3) is 16.7 Å². The smallest absolute Gasteiger partial charge is 0.293 e. The normalized spacial score (nSPS) is 15.0. The fourth-order valence-corrected chi connectivity index (χ4v) is 4.19. The third kappa shape index (κ3) is 4.85. The van der Waals surface area contributed by atoms with E-state index in [9.17, 15) is 23.6 Å². The van der Waals surface area contributed by atoms with Crippen molar-refractivity contribution in [1.29, 1.82) is 0 Å². The molecular weight excluding hydrogens is 447 g/mol. The Labute approximate surface area is 192 Å². The summed E-state index contributed by atoms with van der Waals surface area (Å²) in [5.74, 6) is -1.50. The molecule has 4 rings (SSSR count). The number of carbonyl (C=O) groups excluding carboxylic acids is 3. The van der Waals surface area contributed by atoms with E-state index < -0.39 is 22.9 Å². The molecule has 0 atom stereocenters. The van der Waals surface area contributed by atoms with Gasteiger partial charge in [-0.3, -0.25) is 28.6 Å². The van der Waals surface area contributed by atoms with E-state index in [0.717, 1.165) is 10.5 Å². The maximum Gasteiger partial charge on any atom is 0.293 e. The molecule has 1 aliphatic heterocycles. The number of carbonyl (C=O) groups is 3. The molecule has 1 aromatic heterocycles. The summed E-state index contributed by atoms with van der Waals surface area (Å²) in [5, 5.41) is 2.52. The summed E-state index contributed by atoms with van der Waals surface area (Å²) in [7, 11) is 0. The molecule has 168 valence electrons. The molecule has 33 heavy (non-hydrogen) atoms. The van der Waals surface area contributed by atoms with Crippen LogP contribution in [0.15, 0.2) is 58.5 Å². The topological polar surface area (TPSA) is 101 Å². The van der Waals surface area contributed by atoms with Gasteiger partial charge in [-0.1, -0.05) is 29.8 Å². The van der Waals surface area contributed by atoms with Crippen LogP contribution in [0.3, 0.4) is 0 Å². The Hall–Kier alpha value is -3.79. The second-order valence-corrected chi connectivity index (χ2v) is 8.40. The molecular formula is C23H19FN4O4S. The molecule has 10 heteroatoms. The molecule has 0 bridgehead atoms. The second-order valence-electron chi connectivity index (χ2n) is 7.40. The minimum Gasteiger partial charge on any atom is -0.353 e. The second kappa shape index (κ2) is 9.37. The van der Waals surface area contributed by atoms with Crippen molar-refractivity contribution in [2.24, 2.45) is 0 Å². The quantitative estimate of drug-likeness (QED) is 0.561. The SMILES string of the molecule is Cc1ccc2ncn(CC(=O)NCCN3C(=O)S/C(=C\c4ccccc4F)C3=O)c(=O)c2c1. The average Bonchev–Trinajstić information content (AvgIpc) is 3.05. The zero-order valence-corrected chi connectivity index (χ0v) is 18.4. The Morgan fingerprint density at radius 1 is 1.18 bits per heavy atom. The van der Waals surface area contributed by atoms with E-state index in [-0.39, 0.29) is 35.7 Å². The van der Waals surface area contributed by atoms with Crippen LogP contribution in [-0.2, 0) is 16.1 Å². The average molecular weight is 466 g/mol. The number of benzene rings is 2. The van der Waals surface area contributed by atoms with E-state index in [1.165, 1.54) is 35.2 Å². The van der Waals surface area contributed by atoms with Crippen molar-refractivity contribution in [1.82, 2.24) is 19.8 Å². The number of thioether (sulfide) groups is 1. The summed E-state index contributed by atoms with van der Waals surface area (Å²) in [6, 6.07) is 11.2. The number of aryl methyl sites for hydroxylation is 1. The molecule has 3 aromatic rings. The van der Waals surface area contributed by atoms with Crippen molar-refractivity contribution in [3.05, 3.63) is 81.0 Å². The molecule has 0 radical (unpaired) electrons. The molecule has 0 spiro atoms. The third-order valence-electron chi connectivity index (χ3n) is 5.02. The van der Waals surface area contributed by atoms with Gasteiger partial charge in [-0.25, -0.2) is 9.37 Å². The summed E-state index contributed by atoms with van der Waals surface area (Å²) in [4.78, 5) is 54.9. The van der Waals surface area contributed by atoms with Crippen molar-refractivity contribution in [2.45, 2.75) is 13.5 Å². The van der Waals surface area contributed by atoms with Crippen LogP contribution in [0.1, 0.15) is 11.1 Å². The summed E-state index contributed by atoms with van der Waals surface area (Å²) in [6.07, 6.45) is 2.64. The van der Waals surface area contributed by atoms with Crippen LogP contribution in [0.25, 0.3) is 17.0 Å². The highest BCUT2D eigenvalue weighted by Gasteiger charge is 2.34. The standard InChI is InChI=1S/C23H19FN4O4S/c1-14-6-7-18-16(10-14)21(30)27(13-26-18)12-20(29)25-8-9-28-22(31)19(33-23(28)32)11-15-4-2-3-5-17(15)24/h2-7,10-11,13H,8-9,12H2,1H3,(H,25,29)/b19-11-. The van der Waals surface area contributed by atoms with Gasteiger partial charge in [-0.05, 0) is 43.0 Å². The van der Waals surface area contributed by atoms with E-state index >= 15 is 0 Å². The number of halogens is 1. The number of fused-ring (bicyclic) bond motifs is 1. The highest BCUT2D eigenvalue weighted by atomic mass is 32.2. The molecule has 0 unspecified atom stereocenters. The number of nitrogens with one attached hydrogen (secondary N) is 1. The summed E-state index contributed by atoms with van der Waals surface area (Å²) < 4.78 is 15.0. The molecule has 2 heterocycles. The number of hydrogen-bond donors (Lipinski definition) is 1. The molecule has 1 N–H and O–H groups in total. The van der Waals surface area contributed by atoms with E-state index in [1.807, 2.05) is 13.0 Å². The van der Waals surface area contributed by atoms with Gasteiger partial charge in [-0.2, -0.15) is 0 Å². The maximum atomic E-state index is 13.8. The predicted octanol–water partition coefficient (Wildman–Crippen LogP) is 2.70. The number of imide groups is 1. The van der Waals surface area contributed by atoms with Crippen molar-refractivity contribution in [2.75, 3.05) is 13.1 Å². The number of rotatable bonds is 6. The van der Waals surface area contributed by atoms with Gasteiger partial charge in [-0.15, -0.1) is 0 Å². The van der Waals surface area contributed by atoms with Gasteiger partial charge in [0.1, 0.15) is 12.4 Å². The molecule has 8 nitrogen and oxygen atoms in total. The highest BCUT2D eigenvalue weighted by molar-refractivity contribution is 8.18. The van der Waals surface area contributed by atoms with Gasteiger partial charge in [0, 0.05) is 18.7 Å². The zero-order valence-electron chi connectivity index (χ0n) is 17.6. The monoisotopic (exact) mass is 466 g/mol. The van der Waals surface area contributed by atoms with Gasteiger partial charge in [0.15, 0.2) is 0 Å². The van der Waals surface area contributed by atoms with Crippen molar-refractivity contribution < 1.29 is 18.8 Å². The van der Waals surface area contributed by atoms with Gasteiger partial charge in [0.2, 0.25) is 5.91 Å². The molecule has 0 aliphatic carbocycles. The first-order chi connectivity index (χ1) is 15.8. The molecule has 1 saturated heterocycles. The lowest BCUT2D eigenvalue weighted by molar-refractivity contribution is -0.124. The van der Waals surface area contributed by atoms with E-state index in [2.05, 4.69) is 10.3 Å². The van der Waals surface area contributed by atoms with E-state index in [1.54, 1.807) is 18.2 Å². The van der Waals surface area contributed by atoms with Crippen LogP contribution in [0.4, 0.5) is 9.18 Å². The van der Waals surface area contributed by atoms with Crippen molar-refractivity contribution in [3.63, 3.8) is 0 Å². The van der Waals surface area contributed by atoms with Gasteiger partial charge < -0.3 is 5.32 Å². The van der Waals surface area contributed by atoms with Gasteiger partial charge in [0.05, 0.1) is 22.1 Å².